The Labute approximate surface area is 136 Å². The third-order valence-corrected chi connectivity index (χ3v) is 4.91. The highest BCUT2D eigenvalue weighted by atomic mass is 35.5. The van der Waals surface area contributed by atoms with Crippen LogP contribution in [0.1, 0.15) is 25.3 Å². The van der Waals surface area contributed by atoms with Crippen molar-refractivity contribution in [1.82, 2.24) is 9.80 Å². The Kier molecular flexibility index (Phi) is 6.34. The summed E-state index contributed by atoms with van der Waals surface area (Å²) < 4.78 is 0. The van der Waals surface area contributed by atoms with E-state index in [4.69, 9.17) is 23.2 Å². The van der Waals surface area contributed by atoms with Gasteiger partial charge in [-0.05, 0) is 50.0 Å². The fourth-order valence-corrected chi connectivity index (χ4v) is 3.26. The molecule has 0 bridgehead atoms. The molecule has 0 saturated carbocycles. The molecule has 5 heteroatoms. The van der Waals surface area contributed by atoms with Gasteiger partial charge in [0, 0.05) is 19.1 Å². The zero-order valence-corrected chi connectivity index (χ0v) is 13.9. The number of amides is 1. The first-order valence-electron chi connectivity index (χ1n) is 7.51. The lowest BCUT2D eigenvalue weighted by molar-refractivity contribution is -0.118. The van der Waals surface area contributed by atoms with Crippen molar-refractivity contribution in [1.29, 1.82) is 0 Å². The Hall–Kier alpha value is -0.770. The van der Waals surface area contributed by atoms with Gasteiger partial charge < -0.3 is 4.90 Å². The van der Waals surface area contributed by atoms with Crippen LogP contribution in [0.5, 0.6) is 0 Å². The molecule has 0 spiro atoms. The first-order chi connectivity index (χ1) is 10.1. The summed E-state index contributed by atoms with van der Waals surface area (Å²) >= 11 is 11.9. The van der Waals surface area contributed by atoms with Gasteiger partial charge in [-0.25, -0.2) is 0 Å². The van der Waals surface area contributed by atoms with Gasteiger partial charge in [-0.3, -0.25) is 9.69 Å². The molecule has 0 radical (unpaired) electrons. The van der Waals surface area contributed by atoms with Crippen LogP contribution in [0.3, 0.4) is 0 Å². The normalized spacial score (nSPS) is 18.9. The van der Waals surface area contributed by atoms with Crippen molar-refractivity contribution in [3.63, 3.8) is 0 Å². The molecular weight excluding hydrogens is 307 g/mol. The van der Waals surface area contributed by atoms with E-state index in [0.717, 1.165) is 44.6 Å². The van der Waals surface area contributed by atoms with Gasteiger partial charge in [0.1, 0.15) is 0 Å². The van der Waals surface area contributed by atoms with Crippen LogP contribution >= 0.6 is 23.2 Å². The number of hydrogen-bond donors (Lipinski definition) is 0. The van der Waals surface area contributed by atoms with Crippen molar-refractivity contribution >= 4 is 29.6 Å². The minimum atomic E-state index is 0.508. The molecule has 1 atom stereocenters. The molecule has 1 heterocycles. The van der Waals surface area contributed by atoms with Gasteiger partial charge in [-0.1, -0.05) is 36.2 Å². The smallest absolute Gasteiger partial charge is 0.209 e. The minimum absolute atomic E-state index is 0.508. The molecule has 116 valence electrons. The van der Waals surface area contributed by atoms with E-state index in [2.05, 4.69) is 11.8 Å². The Bertz CT molecular complexity index is 481. The second kappa shape index (κ2) is 8.02. The maximum atomic E-state index is 11.3. The maximum absolute atomic E-state index is 11.3. The second-order valence-corrected chi connectivity index (χ2v) is 6.34. The molecule has 21 heavy (non-hydrogen) atoms. The summed E-state index contributed by atoms with van der Waals surface area (Å²) in [7, 11) is 0. The van der Waals surface area contributed by atoms with Crippen molar-refractivity contribution < 1.29 is 4.79 Å². The molecule has 1 aliphatic rings. The molecule has 2 rings (SSSR count). The van der Waals surface area contributed by atoms with Gasteiger partial charge >= 0.3 is 0 Å². The Morgan fingerprint density at radius 2 is 2.19 bits per heavy atom. The van der Waals surface area contributed by atoms with E-state index in [1.807, 2.05) is 17.0 Å². The molecule has 0 aliphatic carbocycles. The number of likely N-dealkylation sites (tertiary alicyclic amines) is 1. The molecule has 0 unspecified atom stereocenters. The van der Waals surface area contributed by atoms with E-state index in [9.17, 15) is 4.79 Å². The van der Waals surface area contributed by atoms with Crippen LogP contribution in [0.25, 0.3) is 0 Å². The molecule has 0 aromatic heterocycles. The van der Waals surface area contributed by atoms with Crippen molar-refractivity contribution in [2.24, 2.45) is 0 Å². The number of rotatable bonds is 7. The Morgan fingerprint density at radius 3 is 2.86 bits per heavy atom. The van der Waals surface area contributed by atoms with E-state index in [0.29, 0.717) is 16.1 Å². The lowest BCUT2D eigenvalue weighted by atomic mass is 10.1. The highest BCUT2D eigenvalue weighted by Crippen LogP contribution is 2.23. The highest BCUT2D eigenvalue weighted by molar-refractivity contribution is 6.42. The van der Waals surface area contributed by atoms with Crippen LogP contribution in [-0.4, -0.2) is 48.4 Å². The van der Waals surface area contributed by atoms with Crippen molar-refractivity contribution in [2.45, 2.75) is 32.2 Å². The predicted octanol–water partition coefficient (Wildman–Crippen LogP) is 3.48. The largest absolute Gasteiger partial charge is 0.343 e. The molecule has 0 N–H and O–H groups in total. The average molecular weight is 329 g/mol. The van der Waals surface area contributed by atoms with Crippen LogP contribution in [-0.2, 0) is 11.2 Å². The van der Waals surface area contributed by atoms with Crippen LogP contribution in [0, 0.1) is 0 Å². The lowest BCUT2D eigenvalue weighted by Crippen LogP contribution is -2.40. The standard InChI is InChI=1S/C16H22Cl2N2O/c1-2-20-8-3-4-14(20)11-19(12-21)9-7-13-5-6-15(17)16(18)10-13/h5-6,10,12,14H,2-4,7-9,11H2,1H3/t14-/m0/s1. The molecule has 3 nitrogen and oxygen atoms in total. The summed E-state index contributed by atoms with van der Waals surface area (Å²) in [5, 5.41) is 1.14. The summed E-state index contributed by atoms with van der Waals surface area (Å²) in [6, 6.07) is 6.15. The molecule has 1 saturated heterocycles. The van der Waals surface area contributed by atoms with Gasteiger partial charge in [0.05, 0.1) is 10.0 Å². The molecule has 1 fully saturated rings. The number of carbonyl (C=O) groups is 1. The topological polar surface area (TPSA) is 23.6 Å². The van der Waals surface area contributed by atoms with Crippen LogP contribution in [0.4, 0.5) is 0 Å². The summed E-state index contributed by atoms with van der Waals surface area (Å²) in [6.07, 6.45) is 4.18. The van der Waals surface area contributed by atoms with Gasteiger partial charge in [0.15, 0.2) is 0 Å². The zero-order chi connectivity index (χ0) is 15.2. The number of nitrogens with zero attached hydrogens (tertiary/aromatic N) is 2. The van der Waals surface area contributed by atoms with Gasteiger partial charge in [0.25, 0.3) is 0 Å². The van der Waals surface area contributed by atoms with Crippen LogP contribution in [0.2, 0.25) is 10.0 Å². The molecular formula is C16H22Cl2N2O. The van der Waals surface area contributed by atoms with E-state index in [1.54, 1.807) is 6.07 Å². The fourth-order valence-electron chi connectivity index (χ4n) is 2.94. The average Bonchev–Trinajstić information content (AvgIpc) is 2.94. The molecule has 1 amide bonds. The third kappa shape index (κ3) is 4.60. The minimum Gasteiger partial charge on any atom is -0.343 e. The SMILES string of the molecule is CCN1CCC[C@H]1CN(C=O)CCc1ccc(Cl)c(Cl)c1. The van der Waals surface area contributed by atoms with Crippen molar-refractivity contribution in [3.05, 3.63) is 33.8 Å². The first kappa shape index (κ1) is 16.6. The van der Waals surface area contributed by atoms with E-state index >= 15 is 0 Å². The van der Waals surface area contributed by atoms with Gasteiger partial charge in [-0.2, -0.15) is 0 Å². The fraction of sp³-hybridized carbons (Fsp3) is 0.562. The number of carbonyl (C=O) groups excluding carboxylic acids is 1. The molecule has 1 aliphatic heterocycles. The third-order valence-electron chi connectivity index (χ3n) is 4.17. The summed E-state index contributed by atoms with van der Waals surface area (Å²) in [4.78, 5) is 15.6. The van der Waals surface area contributed by atoms with Gasteiger partial charge in [-0.15, -0.1) is 0 Å². The Morgan fingerprint density at radius 1 is 1.38 bits per heavy atom. The summed E-state index contributed by atoms with van der Waals surface area (Å²) in [6.45, 7) is 5.93. The summed E-state index contributed by atoms with van der Waals surface area (Å²) in [5.41, 5.74) is 1.11. The number of likely N-dealkylation sites (N-methyl/N-ethyl adjacent to an activating group) is 1. The molecule has 1 aromatic rings. The highest BCUT2D eigenvalue weighted by Gasteiger charge is 2.24. The summed E-state index contributed by atoms with van der Waals surface area (Å²) in [5.74, 6) is 0. The zero-order valence-electron chi connectivity index (χ0n) is 12.4. The quantitative estimate of drug-likeness (QED) is 0.715. The van der Waals surface area contributed by atoms with Crippen molar-refractivity contribution in [2.75, 3.05) is 26.2 Å². The van der Waals surface area contributed by atoms with Crippen LogP contribution < -0.4 is 0 Å². The predicted molar refractivity (Wildman–Crippen MR) is 88.1 cm³/mol. The number of halogens is 2. The Balaban J connectivity index is 1.87. The number of hydrogen-bond acceptors (Lipinski definition) is 2. The first-order valence-corrected chi connectivity index (χ1v) is 8.27. The van der Waals surface area contributed by atoms with Gasteiger partial charge in [0.2, 0.25) is 6.41 Å². The van der Waals surface area contributed by atoms with E-state index in [1.165, 1.54) is 12.8 Å². The van der Waals surface area contributed by atoms with E-state index < -0.39 is 0 Å². The van der Waals surface area contributed by atoms with Crippen molar-refractivity contribution in [3.8, 4) is 0 Å². The molecule has 1 aromatic carbocycles. The second-order valence-electron chi connectivity index (χ2n) is 5.52. The lowest BCUT2D eigenvalue weighted by Gasteiger charge is -2.27. The van der Waals surface area contributed by atoms with E-state index in [-0.39, 0.29) is 0 Å². The monoisotopic (exact) mass is 328 g/mol. The maximum Gasteiger partial charge on any atom is 0.209 e. The van der Waals surface area contributed by atoms with Crippen LogP contribution in [0.15, 0.2) is 18.2 Å². The number of benzene rings is 1.